The largest absolute Gasteiger partial charge is 0.465 e. The lowest BCUT2D eigenvalue weighted by Crippen LogP contribution is -2.58. The van der Waals surface area contributed by atoms with Gasteiger partial charge < -0.3 is 25.3 Å². The van der Waals surface area contributed by atoms with Crippen molar-refractivity contribution in [1.29, 1.82) is 0 Å². The number of hydrogen-bond donors (Lipinski definition) is 2. The van der Waals surface area contributed by atoms with E-state index in [1.54, 1.807) is 52.0 Å². The molecule has 0 bridgehead atoms. The lowest BCUT2D eigenvalue weighted by Gasteiger charge is -2.33. The van der Waals surface area contributed by atoms with Gasteiger partial charge in [0.25, 0.3) is 5.91 Å². The van der Waals surface area contributed by atoms with E-state index in [-0.39, 0.29) is 32.6 Å². The second kappa shape index (κ2) is 15.8. The van der Waals surface area contributed by atoms with Crippen LogP contribution in [0.3, 0.4) is 0 Å². The third-order valence-corrected chi connectivity index (χ3v) is 6.06. The van der Waals surface area contributed by atoms with Gasteiger partial charge in [-0.3, -0.25) is 19.3 Å². The van der Waals surface area contributed by atoms with Crippen LogP contribution in [-0.2, 0) is 35.2 Å². The van der Waals surface area contributed by atoms with E-state index >= 15 is 0 Å². The lowest BCUT2D eigenvalue weighted by atomic mass is 10.0. The second-order valence-corrected chi connectivity index (χ2v) is 10.4. The Morgan fingerprint density at radius 2 is 1.80 bits per heavy atom. The zero-order valence-electron chi connectivity index (χ0n) is 23.9. The molecule has 1 fully saturated rings. The van der Waals surface area contributed by atoms with E-state index in [2.05, 4.69) is 5.32 Å². The van der Waals surface area contributed by atoms with Crippen molar-refractivity contribution in [2.45, 2.75) is 84.1 Å². The van der Waals surface area contributed by atoms with Gasteiger partial charge in [0.15, 0.2) is 0 Å². The minimum absolute atomic E-state index is 0.0805. The van der Waals surface area contributed by atoms with Crippen LogP contribution in [0.2, 0.25) is 0 Å². The number of likely N-dealkylation sites (tertiary alicyclic amines) is 1. The average molecular weight is 563 g/mol. The maximum atomic E-state index is 14.0. The molecule has 4 amide bonds. The fourth-order valence-electron chi connectivity index (χ4n) is 4.23. The van der Waals surface area contributed by atoms with Crippen LogP contribution >= 0.6 is 0 Å². The van der Waals surface area contributed by atoms with Crippen molar-refractivity contribution >= 4 is 30.0 Å². The molecule has 12 nitrogen and oxygen atoms in total. The summed E-state index contributed by atoms with van der Waals surface area (Å²) in [6, 6.07) is 6.54. The number of rotatable bonds is 12. The number of ether oxygens (including phenoxy) is 3. The molecule has 1 aromatic carbocycles. The fraction of sp³-hybridized carbons (Fsp3) is 0.607. The van der Waals surface area contributed by atoms with Gasteiger partial charge >= 0.3 is 18.2 Å². The van der Waals surface area contributed by atoms with Gasteiger partial charge in [0.2, 0.25) is 5.91 Å². The molecule has 1 aliphatic heterocycles. The summed E-state index contributed by atoms with van der Waals surface area (Å²) in [4.78, 5) is 67.6. The molecule has 0 saturated carbocycles. The summed E-state index contributed by atoms with van der Waals surface area (Å²) in [5.41, 5.74) is 5.53. The molecule has 12 heteroatoms. The molecule has 2 rings (SSSR count). The molecule has 3 N–H and O–H groups in total. The number of carbonyl (C=O) groups excluding carboxylic acids is 5. The maximum absolute atomic E-state index is 14.0. The second-order valence-electron chi connectivity index (χ2n) is 10.4. The third-order valence-electron chi connectivity index (χ3n) is 6.06. The fourth-order valence-corrected chi connectivity index (χ4v) is 4.23. The van der Waals surface area contributed by atoms with E-state index in [4.69, 9.17) is 19.9 Å². The Kier molecular flexibility index (Phi) is 12.9. The van der Waals surface area contributed by atoms with Crippen molar-refractivity contribution in [1.82, 2.24) is 15.1 Å². The SMILES string of the molecule is CCOC(=O)CNC(=O)[C@H](CCCCN)N(C(=O)OCc1ccccc1)C(=O)[C@@H]1CCCN1C(=O)OC(C)(C)C. The number of carbonyl (C=O) groups is 5. The molecule has 2 atom stereocenters. The molecule has 0 aromatic heterocycles. The number of amides is 4. The van der Waals surface area contributed by atoms with Crippen LogP contribution in [0.15, 0.2) is 30.3 Å². The van der Waals surface area contributed by atoms with Crippen LogP contribution in [0.1, 0.15) is 65.4 Å². The van der Waals surface area contributed by atoms with E-state index in [1.165, 1.54) is 4.90 Å². The maximum Gasteiger partial charge on any atom is 0.417 e. The summed E-state index contributed by atoms with van der Waals surface area (Å²) in [6.07, 6.45) is 0.106. The topological polar surface area (TPSA) is 158 Å². The number of hydrogen-bond acceptors (Lipinski definition) is 9. The van der Waals surface area contributed by atoms with Gasteiger partial charge in [0, 0.05) is 6.54 Å². The third kappa shape index (κ3) is 10.1. The Morgan fingerprint density at radius 3 is 2.42 bits per heavy atom. The number of unbranched alkanes of at least 4 members (excludes halogenated alkanes) is 1. The van der Waals surface area contributed by atoms with Crippen molar-refractivity contribution in [3.63, 3.8) is 0 Å². The molecule has 1 aliphatic rings. The van der Waals surface area contributed by atoms with Gasteiger partial charge in [-0.25, -0.2) is 14.5 Å². The van der Waals surface area contributed by atoms with Crippen molar-refractivity contribution in [2.75, 3.05) is 26.2 Å². The molecule has 0 unspecified atom stereocenters. The summed E-state index contributed by atoms with van der Waals surface area (Å²) in [6.45, 7) is 6.94. The number of benzene rings is 1. The zero-order chi connectivity index (χ0) is 29.7. The van der Waals surface area contributed by atoms with Crippen molar-refractivity contribution in [3.8, 4) is 0 Å². The monoisotopic (exact) mass is 562 g/mol. The predicted molar refractivity (Wildman–Crippen MR) is 146 cm³/mol. The van der Waals surface area contributed by atoms with Gasteiger partial charge in [-0.2, -0.15) is 0 Å². The number of imide groups is 1. The number of nitrogens with zero attached hydrogens (tertiary/aromatic N) is 2. The van der Waals surface area contributed by atoms with E-state index in [1.807, 2.05) is 6.07 Å². The summed E-state index contributed by atoms with van der Waals surface area (Å²) in [5, 5.41) is 2.46. The number of nitrogens with two attached hydrogens (primary N) is 1. The van der Waals surface area contributed by atoms with Gasteiger partial charge in [0.05, 0.1) is 6.61 Å². The quantitative estimate of drug-likeness (QED) is 0.222. The molecule has 222 valence electrons. The lowest BCUT2D eigenvalue weighted by molar-refractivity contribution is -0.145. The Morgan fingerprint density at radius 1 is 1.10 bits per heavy atom. The van der Waals surface area contributed by atoms with Crippen molar-refractivity contribution in [2.24, 2.45) is 5.73 Å². The Hall–Kier alpha value is -3.67. The molecule has 1 saturated heterocycles. The average Bonchev–Trinajstić information content (AvgIpc) is 3.40. The van der Waals surface area contributed by atoms with Crippen LogP contribution in [0.5, 0.6) is 0 Å². The van der Waals surface area contributed by atoms with Crippen LogP contribution in [0.4, 0.5) is 9.59 Å². The van der Waals surface area contributed by atoms with Crippen LogP contribution in [-0.4, -0.2) is 83.7 Å². The summed E-state index contributed by atoms with van der Waals surface area (Å²) < 4.78 is 15.8. The minimum Gasteiger partial charge on any atom is -0.465 e. The first kappa shape index (κ1) is 32.5. The predicted octanol–water partition coefficient (Wildman–Crippen LogP) is 2.73. The standard InChI is InChI=1S/C28H42N4O8/c1-5-38-23(33)18-30-24(34)21(14-9-10-16-29)32(27(37)39-19-20-12-7-6-8-13-20)25(35)22-15-11-17-31(22)26(36)40-28(2,3)4/h6-8,12-13,21-22H,5,9-11,14-19,29H2,1-4H3,(H,30,34)/t21-,22-/m0/s1. The normalized spacial score (nSPS) is 15.6. The summed E-state index contributed by atoms with van der Waals surface area (Å²) in [5.74, 6) is -2.14. The van der Waals surface area contributed by atoms with Gasteiger partial charge in [-0.05, 0) is 71.9 Å². The van der Waals surface area contributed by atoms with Gasteiger partial charge in [-0.15, -0.1) is 0 Å². The van der Waals surface area contributed by atoms with E-state index < -0.39 is 54.2 Å². The Labute approximate surface area is 235 Å². The first-order valence-electron chi connectivity index (χ1n) is 13.6. The summed E-state index contributed by atoms with van der Waals surface area (Å²) >= 11 is 0. The highest BCUT2D eigenvalue weighted by Crippen LogP contribution is 2.25. The number of nitrogens with one attached hydrogen (secondary N) is 1. The van der Waals surface area contributed by atoms with E-state index in [0.717, 1.165) is 4.90 Å². The minimum atomic E-state index is -1.31. The molecule has 1 heterocycles. The molecule has 0 radical (unpaired) electrons. The van der Waals surface area contributed by atoms with Gasteiger partial charge in [0.1, 0.15) is 30.8 Å². The van der Waals surface area contributed by atoms with Crippen LogP contribution in [0, 0.1) is 0 Å². The molecular formula is C28H42N4O8. The summed E-state index contributed by atoms with van der Waals surface area (Å²) in [7, 11) is 0. The van der Waals surface area contributed by atoms with Crippen molar-refractivity contribution in [3.05, 3.63) is 35.9 Å². The van der Waals surface area contributed by atoms with Crippen LogP contribution in [0.25, 0.3) is 0 Å². The van der Waals surface area contributed by atoms with E-state index in [0.29, 0.717) is 31.4 Å². The van der Waals surface area contributed by atoms with Gasteiger partial charge in [-0.1, -0.05) is 30.3 Å². The smallest absolute Gasteiger partial charge is 0.417 e. The van der Waals surface area contributed by atoms with Crippen LogP contribution < -0.4 is 11.1 Å². The molecule has 0 aliphatic carbocycles. The first-order chi connectivity index (χ1) is 19.0. The molecular weight excluding hydrogens is 520 g/mol. The Balaban J connectivity index is 2.38. The Bertz CT molecular complexity index is 1010. The van der Waals surface area contributed by atoms with Crippen molar-refractivity contribution < 1.29 is 38.2 Å². The highest BCUT2D eigenvalue weighted by atomic mass is 16.6. The first-order valence-corrected chi connectivity index (χ1v) is 13.6. The number of esters is 1. The zero-order valence-corrected chi connectivity index (χ0v) is 23.9. The highest BCUT2D eigenvalue weighted by Gasteiger charge is 2.44. The molecule has 0 spiro atoms. The molecule has 1 aromatic rings. The highest BCUT2D eigenvalue weighted by molar-refractivity contribution is 6.01. The van der Waals surface area contributed by atoms with E-state index in [9.17, 15) is 24.0 Å². The molecule has 40 heavy (non-hydrogen) atoms.